The molecule has 0 spiro atoms. The zero-order chi connectivity index (χ0) is 19.9. The van der Waals surface area contributed by atoms with E-state index in [0.717, 1.165) is 35.5 Å². The summed E-state index contributed by atoms with van der Waals surface area (Å²) in [6, 6.07) is 10.1. The van der Waals surface area contributed by atoms with Crippen molar-refractivity contribution in [3.63, 3.8) is 0 Å². The number of methoxy groups -OCH3 is 1. The summed E-state index contributed by atoms with van der Waals surface area (Å²) in [5.41, 5.74) is 2.39. The van der Waals surface area contributed by atoms with Crippen LogP contribution in [0.5, 0.6) is 5.75 Å². The van der Waals surface area contributed by atoms with Crippen LogP contribution in [0.15, 0.2) is 46.1 Å². The lowest BCUT2D eigenvalue weighted by Crippen LogP contribution is -2.38. The highest BCUT2D eigenvalue weighted by Gasteiger charge is 2.11. The summed E-state index contributed by atoms with van der Waals surface area (Å²) in [5, 5.41) is 16.0. The van der Waals surface area contributed by atoms with E-state index < -0.39 is 0 Å². The second kappa shape index (κ2) is 11.1. The molecule has 0 atom stereocenters. The standard InChI is InChI=1S/C20H26N6OS.HI/c1-15-23-24-19(26(15)3)12-22-20(25(2)13-17-9-10-28-14-17)21-11-16-5-7-18(27-4)8-6-16;/h5-10,14H,11-13H2,1-4H3,(H,21,22);1H. The number of thiophene rings is 1. The minimum absolute atomic E-state index is 0. The van der Waals surface area contributed by atoms with E-state index in [4.69, 9.17) is 9.73 Å². The predicted octanol–water partition coefficient (Wildman–Crippen LogP) is 3.59. The van der Waals surface area contributed by atoms with E-state index in [1.54, 1.807) is 18.4 Å². The molecule has 3 rings (SSSR count). The molecule has 0 bridgehead atoms. The maximum absolute atomic E-state index is 5.22. The van der Waals surface area contributed by atoms with E-state index in [1.165, 1.54) is 5.56 Å². The van der Waals surface area contributed by atoms with Crippen LogP contribution in [0.4, 0.5) is 0 Å². The first-order valence-corrected chi connectivity index (χ1v) is 9.99. The number of rotatable bonds is 7. The van der Waals surface area contributed by atoms with Crippen molar-refractivity contribution in [1.82, 2.24) is 25.0 Å². The Bertz CT molecular complexity index is 908. The van der Waals surface area contributed by atoms with Gasteiger partial charge in [0.2, 0.25) is 0 Å². The molecule has 2 aromatic heterocycles. The summed E-state index contributed by atoms with van der Waals surface area (Å²) < 4.78 is 7.20. The van der Waals surface area contributed by atoms with E-state index in [-0.39, 0.29) is 24.0 Å². The minimum atomic E-state index is 0. The van der Waals surface area contributed by atoms with Gasteiger partial charge in [-0.2, -0.15) is 11.3 Å². The van der Waals surface area contributed by atoms with Crippen LogP contribution in [0.1, 0.15) is 22.8 Å². The number of halogens is 1. The van der Waals surface area contributed by atoms with Crippen LogP contribution in [0.25, 0.3) is 0 Å². The fourth-order valence-corrected chi connectivity index (χ4v) is 3.36. The van der Waals surface area contributed by atoms with Crippen molar-refractivity contribution in [3.05, 3.63) is 63.9 Å². The van der Waals surface area contributed by atoms with Gasteiger partial charge in [-0.25, -0.2) is 4.99 Å². The molecule has 0 amide bonds. The average Bonchev–Trinajstić information content (AvgIpc) is 3.33. The Morgan fingerprint density at radius 3 is 2.55 bits per heavy atom. The Labute approximate surface area is 192 Å². The monoisotopic (exact) mass is 526 g/mol. The van der Waals surface area contributed by atoms with E-state index in [9.17, 15) is 0 Å². The molecule has 0 saturated carbocycles. The number of aryl methyl sites for hydroxylation is 1. The lowest BCUT2D eigenvalue weighted by Gasteiger charge is -2.22. The van der Waals surface area contributed by atoms with Crippen molar-refractivity contribution in [2.24, 2.45) is 12.0 Å². The van der Waals surface area contributed by atoms with Crippen molar-refractivity contribution < 1.29 is 4.74 Å². The molecule has 3 aromatic rings. The van der Waals surface area contributed by atoms with E-state index in [2.05, 4.69) is 37.2 Å². The molecule has 7 nitrogen and oxygen atoms in total. The van der Waals surface area contributed by atoms with Crippen LogP contribution in [0.3, 0.4) is 0 Å². The molecule has 156 valence electrons. The van der Waals surface area contributed by atoms with Gasteiger partial charge in [-0.1, -0.05) is 12.1 Å². The van der Waals surface area contributed by atoms with Crippen LogP contribution < -0.4 is 10.1 Å². The lowest BCUT2D eigenvalue weighted by molar-refractivity contribution is 0.414. The van der Waals surface area contributed by atoms with Gasteiger partial charge in [0.1, 0.15) is 11.6 Å². The third-order valence-electron chi connectivity index (χ3n) is 4.52. The van der Waals surface area contributed by atoms with Crippen molar-refractivity contribution in [2.45, 2.75) is 26.6 Å². The van der Waals surface area contributed by atoms with Crippen LogP contribution in [-0.4, -0.2) is 39.8 Å². The van der Waals surface area contributed by atoms with Gasteiger partial charge in [0.25, 0.3) is 0 Å². The molecule has 0 aliphatic rings. The minimum Gasteiger partial charge on any atom is -0.497 e. The topological polar surface area (TPSA) is 67.6 Å². The maximum Gasteiger partial charge on any atom is 0.194 e. The number of nitrogens with one attached hydrogen (secondary N) is 1. The van der Waals surface area contributed by atoms with Gasteiger partial charge in [-0.15, -0.1) is 34.2 Å². The fraction of sp³-hybridized carbons (Fsp3) is 0.350. The Kier molecular flexibility index (Phi) is 8.90. The third-order valence-corrected chi connectivity index (χ3v) is 5.25. The molecule has 9 heteroatoms. The smallest absolute Gasteiger partial charge is 0.194 e. The summed E-state index contributed by atoms with van der Waals surface area (Å²) in [6.45, 7) is 3.87. The van der Waals surface area contributed by atoms with Crippen LogP contribution >= 0.6 is 35.3 Å². The van der Waals surface area contributed by atoms with Crippen molar-refractivity contribution >= 4 is 41.3 Å². The summed E-state index contributed by atoms with van der Waals surface area (Å²) in [5.74, 6) is 3.43. The molecule has 0 aliphatic carbocycles. The third kappa shape index (κ3) is 6.43. The second-order valence-electron chi connectivity index (χ2n) is 6.55. The number of benzene rings is 1. The first-order valence-electron chi connectivity index (χ1n) is 9.05. The highest BCUT2D eigenvalue weighted by molar-refractivity contribution is 14.0. The Morgan fingerprint density at radius 1 is 1.21 bits per heavy atom. The van der Waals surface area contributed by atoms with Crippen LogP contribution in [0, 0.1) is 6.92 Å². The Balaban J connectivity index is 0.00000300. The van der Waals surface area contributed by atoms with Crippen molar-refractivity contribution in [1.29, 1.82) is 0 Å². The molecule has 29 heavy (non-hydrogen) atoms. The second-order valence-corrected chi connectivity index (χ2v) is 7.33. The van der Waals surface area contributed by atoms with Gasteiger partial charge in [0.05, 0.1) is 20.2 Å². The molecule has 1 aromatic carbocycles. The van der Waals surface area contributed by atoms with Crippen molar-refractivity contribution in [2.75, 3.05) is 14.2 Å². The first-order chi connectivity index (χ1) is 13.6. The van der Waals surface area contributed by atoms with Gasteiger partial charge in [-0.3, -0.25) is 0 Å². The summed E-state index contributed by atoms with van der Waals surface area (Å²) in [4.78, 5) is 6.94. The molecular weight excluding hydrogens is 499 g/mol. The van der Waals surface area contributed by atoms with Gasteiger partial charge in [-0.05, 0) is 47.0 Å². The fourth-order valence-electron chi connectivity index (χ4n) is 2.70. The summed E-state index contributed by atoms with van der Waals surface area (Å²) in [7, 11) is 5.68. The molecule has 0 radical (unpaired) electrons. The molecule has 0 aliphatic heterocycles. The van der Waals surface area contributed by atoms with Gasteiger partial charge < -0.3 is 19.5 Å². The van der Waals surface area contributed by atoms with Crippen LogP contribution in [-0.2, 0) is 26.7 Å². The van der Waals surface area contributed by atoms with Crippen molar-refractivity contribution in [3.8, 4) is 5.75 Å². The number of hydrogen-bond donors (Lipinski definition) is 1. The molecule has 2 heterocycles. The zero-order valence-electron chi connectivity index (χ0n) is 17.1. The zero-order valence-corrected chi connectivity index (χ0v) is 20.3. The summed E-state index contributed by atoms with van der Waals surface area (Å²) in [6.07, 6.45) is 0. The van der Waals surface area contributed by atoms with Gasteiger partial charge in [0, 0.05) is 20.6 Å². The Morgan fingerprint density at radius 2 is 1.97 bits per heavy atom. The normalized spacial score (nSPS) is 11.1. The molecular formula is C20H27IN6OS. The largest absolute Gasteiger partial charge is 0.497 e. The number of aliphatic imine (C=N–C) groups is 1. The number of hydrogen-bond acceptors (Lipinski definition) is 5. The quantitative estimate of drug-likeness (QED) is 0.290. The van der Waals surface area contributed by atoms with E-state index in [0.29, 0.717) is 13.1 Å². The SMILES string of the molecule is COc1ccc(CN=C(NCc2nnc(C)n2C)N(C)Cc2ccsc2)cc1.I. The van der Waals surface area contributed by atoms with Gasteiger partial charge >= 0.3 is 0 Å². The first kappa shape index (κ1) is 23.1. The number of nitrogens with zero attached hydrogens (tertiary/aromatic N) is 5. The summed E-state index contributed by atoms with van der Waals surface area (Å²) >= 11 is 1.70. The number of guanidine groups is 1. The number of ether oxygens (including phenoxy) is 1. The highest BCUT2D eigenvalue weighted by Crippen LogP contribution is 2.13. The lowest BCUT2D eigenvalue weighted by atomic mass is 10.2. The van der Waals surface area contributed by atoms with Crippen LogP contribution in [0.2, 0.25) is 0 Å². The highest BCUT2D eigenvalue weighted by atomic mass is 127. The molecule has 0 unspecified atom stereocenters. The molecule has 0 fully saturated rings. The molecule has 1 N–H and O–H groups in total. The predicted molar refractivity (Wildman–Crippen MR) is 128 cm³/mol. The van der Waals surface area contributed by atoms with E-state index in [1.807, 2.05) is 49.9 Å². The molecule has 0 saturated heterocycles. The average molecular weight is 526 g/mol. The number of aromatic nitrogens is 3. The maximum atomic E-state index is 5.22. The Hall–Kier alpha value is -2.14. The van der Waals surface area contributed by atoms with E-state index >= 15 is 0 Å². The van der Waals surface area contributed by atoms with Gasteiger partial charge in [0.15, 0.2) is 11.8 Å².